The van der Waals surface area contributed by atoms with Gasteiger partial charge in [-0.1, -0.05) is 0 Å². The van der Waals surface area contributed by atoms with Crippen LogP contribution < -0.4 is 30.7 Å². The highest BCUT2D eigenvalue weighted by Gasteiger charge is 2.32. The molecule has 3 aromatic rings. The molecule has 2 N–H and O–H groups in total. The Hall–Kier alpha value is -4.00. The molecule has 13 heteroatoms. The Kier molecular flexibility index (Phi) is 6.55. The van der Waals surface area contributed by atoms with Crippen molar-refractivity contribution in [1.82, 2.24) is 14.9 Å². The summed E-state index contributed by atoms with van der Waals surface area (Å²) in [5, 5.41) is 0.0169. The van der Waals surface area contributed by atoms with Crippen molar-refractivity contribution < 1.29 is 31.8 Å². The molecule has 1 unspecified atom stereocenters. The van der Waals surface area contributed by atoms with Crippen molar-refractivity contribution in [1.29, 1.82) is 0 Å². The molecular formula is C25H25F4N5O4. The lowest BCUT2D eigenvalue weighted by Gasteiger charge is -2.37. The number of anilines is 2. The number of piperazine rings is 1. The minimum atomic E-state index is -4.82. The van der Waals surface area contributed by atoms with Crippen LogP contribution in [0.4, 0.5) is 28.9 Å². The maximum Gasteiger partial charge on any atom is 0.573 e. The molecule has 0 spiro atoms. The van der Waals surface area contributed by atoms with Crippen molar-refractivity contribution in [3.05, 3.63) is 58.1 Å². The summed E-state index contributed by atoms with van der Waals surface area (Å²) in [6.07, 6.45) is -3.40. The second-order valence-electron chi connectivity index (χ2n) is 9.31. The van der Waals surface area contributed by atoms with Gasteiger partial charge in [-0.25, -0.2) is 4.39 Å². The van der Waals surface area contributed by atoms with E-state index in [4.69, 9.17) is 4.74 Å². The van der Waals surface area contributed by atoms with Gasteiger partial charge in [0.2, 0.25) is 5.43 Å². The second kappa shape index (κ2) is 9.71. The third-order valence-corrected chi connectivity index (χ3v) is 6.61. The number of nitrogens with one attached hydrogen (secondary N) is 2. The van der Waals surface area contributed by atoms with Gasteiger partial charge in [0, 0.05) is 32.4 Å². The van der Waals surface area contributed by atoms with E-state index in [0.717, 1.165) is 31.3 Å². The predicted octanol–water partition coefficient (Wildman–Crippen LogP) is 3.50. The van der Waals surface area contributed by atoms with Gasteiger partial charge >= 0.3 is 6.36 Å². The molecular weight excluding hydrogens is 510 g/mol. The average molecular weight is 535 g/mol. The molecule has 1 saturated heterocycles. The number of likely N-dealkylation sites (N-methyl/N-ethyl adjacent to an activating group) is 1. The van der Waals surface area contributed by atoms with E-state index in [1.165, 1.54) is 18.3 Å². The van der Waals surface area contributed by atoms with E-state index in [2.05, 4.69) is 20.5 Å². The molecule has 202 valence electrons. The Morgan fingerprint density at radius 3 is 2.47 bits per heavy atom. The molecule has 5 rings (SSSR count). The number of ether oxygens (including phenoxy) is 2. The minimum Gasteiger partial charge on any atom is -0.487 e. The summed E-state index contributed by atoms with van der Waals surface area (Å²) in [5.74, 6) is -1.54. The summed E-state index contributed by atoms with van der Waals surface area (Å²) in [4.78, 5) is 30.3. The number of nitrogens with zero attached hydrogens (tertiary/aromatic N) is 3. The van der Waals surface area contributed by atoms with Gasteiger partial charge in [0.15, 0.2) is 11.6 Å². The van der Waals surface area contributed by atoms with Crippen molar-refractivity contribution in [2.45, 2.75) is 19.3 Å². The van der Waals surface area contributed by atoms with Crippen molar-refractivity contribution >= 4 is 28.2 Å². The van der Waals surface area contributed by atoms with Gasteiger partial charge < -0.3 is 23.8 Å². The number of carbonyl (C=O) groups excluding carboxylic acids is 1. The first-order valence-electron chi connectivity index (χ1n) is 11.9. The van der Waals surface area contributed by atoms with Gasteiger partial charge in [-0.15, -0.1) is 13.2 Å². The maximum atomic E-state index is 15.4. The first-order chi connectivity index (χ1) is 18.0. The topological polar surface area (TPSA) is 88.1 Å². The zero-order valence-corrected chi connectivity index (χ0v) is 20.6. The van der Waals surface area contributed by atoms with E-state index < -0.39 is 29.3 Å². The van der Waals surface area contributed by atoms with E-state index in [9.17, 15) is 22.8 Å². The third kappa shape index (κ3) is 4.93. The lowest BCUT2D eigenvalue weighted by Crippen LogP contribution is -2.45. The molecule has 2 aliphatic heterocycles. The van der Waals surface area contributed by atoms with Crippen LogP contribution in [0.1, 0.15) is 23.3 Å². The van der Waals surface area contributed by atoms with E-state index in [1.54, 1.807) is 4.57 Å². The van der Waals surface area contributed by atoms with Crippen LogP contribution in [0.3, 0.4) is 0 Å². The monoisotopic (exact) mass is 535 g/mol. The zero-order valence-electron chi connectivity index (χ0n) is 20.6. The van der Waals surface area contributed by atoms with Gasteiger partial charge in [0.25, 0.3) is 5.91 Å². The Morgan fingerprint density at radius 1 is 1.13 bits per heavy atom. The first kappa shape index (κ1) is 25.6. The third-order valence-electron chi connectivity index (χ3n) is 6.61. The van der Waals surface area contributed by atoms with Crippen molar-refractivity contribution in [2.24, 2.45) is 0 Å². The molecule has 0 aliphatic carbocycles. The number of alkyl halides is 3. The van der Waals surface area contributed by atoms with Gasteiger partial charge in [0.05, 0.1) is 22.6 Å². The van der Waals surface area contributed by atoms with Crippen LogP contribution >= 0.6 is 0 Å². The predicted molar refractivity (Wildman–Crippen MR) is 132 cm³/mol. The van der Waals surface area contributed by atoms with Crippen LogP contribution in [0.25, 0.3) is 10.9 Å². The summed E-state index contributed by atoms with van der Waals surface area (Å²) < 4.78 is 64.0. The van der Waals surface area contributed by atoms with Crippen LogP contribution in [-0.4, -0.2) is 61.6 Å². The molecule has 2 aromatic carbocycles. The SMILES string of the molecule is CC1COc2c(N3CCN(C)CC3)c(F)cc3c(=O)c(C(=O)NNc4ccc(OC(F)(F)F)cc4)cn1c23. The largest absolute Gasteiger partial charge is 0.573 e. The second-order valence-corrected chi connectivity index (χ2v) is 9.31. The molecule has 38 heavy (non-hydrogen) atoms. The van der Waals surface area contributed by atoms with Crippen LogP contribution in [-0.2, 0) is 0 Å². The number of aromatic nitrogens is 1. The van der Waals surface area contributed by atoms with E-state index in [0.29, 0.717) is 24.3 Å². The van der Waals surface area contributed by atoms with Gasteiger partial charge in [0.1, 0.15) is 23.6 Å². The lowest BCUT2D eigenvalue weighted by molar-refractivity contribution is -0.274. The fourth-order valence-corrected chi connectivity index (χ4v) is 4.63. The molecule has 1 amide bonds. The van der Waals surface area contributed by atoms with Crippen LogP contribution in [0.5, 0.6) is 11.5 Å². The summed E-state index contributed by atoms with van der Waals surface area (Å²) in [6, 6.07) is 5.58. The van der Waals surface area contributed by atoms with Crippen molar-refractivity contribution in [2.75, 3.05) is 50.2 Å². The number of hydrogen-bond donors (Lipinski definition) is 2. The molecule has 0 bridgehead atoms. The number of hydrazine groups is 1. The minimum absolute atomic E-state index is 0.0169. The quantitative estimate of drug-likeness (QED) is 0.382. The number of halogens is 4. The Balaban J connectivity index is 1.45. The smallest absolute Gasteiger partial charge is 0.487 e. The molecule has 1 aromatic heterocycles. The van der Waals surface area contributed by atoms with Crippen LogP contribution in [0.2, 0.25) is 0 Å². The number of carbonyl (C=O) groups is 1. The van der Waals surface area contributed by atoms with Crippen molar-refractivity contribution in [3.63, 3.8) is 0 Å². The maximum absolute atomic E-state index is 15.4. The molecule has 2 aliphatic rings. The standard InChI is InChI=1S/C25H25F4N5O4/c1-14-13-37-23-20-17(11-19(26)21(23)33-9-7-32(2)8-10-33)22(35)18(12-34(14)20)24(36)31-30-15-3-5-16(6-4-15)38-25(27,28)29/h3-6,11-12,14,30H,7-10,13H2,1-2H3,(H,31,36). The zero-order chi connectivity index (χ0) is 27.2. The average Bonchev–Trinajstić information content (AvgIpc) is 2.86. The lowest BCUT2D eigenvalue weighted by atomic mass is 10.0. The van der Waals surface area contributed by atoms with E-state index >= 15 is 4.39 Å². The van der Waals surface area contributed by atoms with Gasteiger partial charge in [-0.05, 0) is 44.3 Å². The number of amides is 1. The molecule has 1 atom stereocenters. The summed E-state index contributed by atoms with van der Waals surface area (Å²) in [6.45, 7) is 4.79. The number of rotatable bonds is 5. The highest BCUT2D eigenvalue weighted by Crippen LogP contribution is 2.42. The summed E-state index contributed by atoms with van der Waals surface area (Å²) in [5.41, 5.74) is 5.00. The molecule has 3 heterocycles. The fourth-order valence-electron chi connectivity index (χ4n) is 4.63. The number of benzene rings is 2. The molecule has 0 radical (unpaired) electrons. The molecule has 0 saturated carbocycles. The van der Waals surface area contributed by atoms with Gasteiger partial charge in [-0.2, -0.15) is 0 Å². The van der Waals surface area contributed by atoms with E-state index in [1.807, 2.05) is 18.9 Å². The van der Waals surface area contributed by atoms with Crippen LogP contribution in [0.15, 0.2) is 41.3 Å². The number of hydrogen-bond acceptors (Lipinski definition) is 7. The Morgan fingerprint density at radius 2 is 1.82 bits per heavy atom. The molecule has 1 fully saturated rings. The summed E-state index contributed by atoms with van der Waals surface area (Å²) >= 11 is 0. The Labute approximate surface area is 214 Å². The fraction of sp³-hybridized carbons (Fsp3) is 0.360. The van der Waals surface area contributed by atoms with E-state index in [-0.39, 0.29) is 35.0 Å². The molecule has 9 nitrogen and oxygen atoms in total. The highest BCUT2D eigenvalue weighted by molar-refractivity contribution is 6.00. The normalized spacial score (nSPS) is 17.7. The first-order valence-corrected chi connectivity index (χ1v) is 11.9. The van der Waals surface area contributed by atoms with Crippen LogP contribution in [0, 0.1) is 5.82 Å². The Bertz CT molecular complexity index is 1430. The summed E-state index contributed by atoms with van der Waals surface area (Å²) in [7, 11) is 1.99. The van der Waals surface area contributed by atoms with Crippen molar-refractivity contribution in [3.8, 4) is 11.5 Å². The highest BCUT2D eigenvalue weighted by atomic mass is 19.4. The number of pyridine rings is 1. The van der Waals surface area contributed by atoms with Gasteiger partial charge in [-0.3, -0.25) is 20.4 Å².